The fourth-order valence-electron chi connectivity index (χ4n) is 1.71. The maximum absolute atomic E-state index is 12.2. The van der Waals surface area contributed by atoms with Gasteiger partial charge in [-0.05, 0) is 24.3 Å². The number of hydrogen-bond donors (Lipinski definition) is 3. The Morgan fingerprint density at radius 1 is 1.39 bits per heavy atom. The third-order valence-corrected chi connectivity index (χ3v) is 3.04. The fourth-order valence-corrected chi connectivity index (χ4v) is 1.88. The minimum absolute atomic E-state index is 0.00972. The van der Waals surface area contributed by atoms with Crippen molar-refractivity contribution >= 4 is 23.3 Å². The molecule has 1 atom stereocenters. The lowest BCUT2D eigenvalue weighted by Crippen LogP contribution is -2.32. The predicted octanol–water partition coefficient (Wildman–Crippen LogP) is 3.39. The Morgan fingerprint density at radius 3 is 2.83 bits per heavy atom. The van der Waals surface area contributed by atoms with Gasteiger partial charge in [0.25, 0.3) is 0 Å². The Morgan fingerprint density at radius 2 is 2.17 bits per heavy atom. The second-order valence-electron chi connectivity index (χ2n) is 4.39. The summed E-state index contributed by atoms with van der Waals surface area (Å²) in [4.78, 5) is 11.7. The summed E-state index contributed by atoms with van der Waals surface area (Å²) >= 11 is 5.71. The highest BCUT2D eigenvalue weighted by molar-refractivity contribution is 6.32. The van der Waals surface area contributed by atoms with Gasteiger partial charge in [-0.1, -0.05) is 11.6 Å². The van der Waals surface area contributed by atoms with E-state index in [0.717, 1.165) is 6.07 Å². The topological polar surface area (TPSA) is 83.7 Å². The molecule has 0 bridgehead atoms. The molecule has 0 fully saturated rings. The number of aliphatic hydroxyl groups is 1. The summed E-state index contributed by atoms with van der Waals surface area (Å²) in [5.41, 5.74) is 0.204. The highest BCUT2D eigenvalue weighted by Gasteiger charge is 2.13. The number of rotatable bonds is 6. The van der Waals surface area contributed by atoms with E-state index in [1.54, 1.807) is 12.1 Å². The molecule has 1 heterocycles. The van der Waals surface area contributed by atoms with Crippen LogP contribution in [0.1, 0.15) is 11.9 Å². The van der Waals surface area contributed by atoms with Crippen LogP contribution in [0.5, 0.6) is 5.75 Å². The lowest BCUT2D eigenvalue weighted by molar-refractivity contribution is -0.0497. The number of ether oxygens (including phenoxy) is 1. The zero-order valence-electron chi connectivity index (χ0n) is 11.6. The standard InChI is InChI=1S/C14H13ClF2N2O4/c15-9-4-3-8(6-12(9)23-13(16)17)19-14(21)18-7-10(20)11-2-1-5-22-11/h1-6,10,13,20H,7H2,(H2,18,19,21). The van der Waals surface area contributed by atoms with Gasteiger partial charge in [0.1, 0.15) is 17.6 Å². The van der Waals surface area contributed by atoms with Crippen molar-refractivity contribution in [2.45, 2.75) is 12.7 Å². The van der Waals surface area contributed by atoms with Gasteiger partial charge in [-0.3, -0.25) is 0 Å². The van der Waals surface area contributed by atoms with Crippen molar-refractivity contribution < 1.29 is 27.8 Å². The molecule has 1 aromatic heterocycles. The first-order valence-electron chi connectivity index (χ1n) is 6.46. The predicted molar refractivity (Wildman–Crippen MR) is 78.8 cm³/mol. The highest BCUT2D eigenvalue weighted by atomic mass is 35.5. The number of benzene rings is 1. The van der Waals surface area contributed by atoms with Crippen molar-refractivity contribution in [3.63, 3.8) is 0 Å². The van der Waals surface area contributed by atoms with E-state index in [2.05, 4.69) is 15.4 Å². The smallest absolute Gasteiger partial charge is 0.387 e. The maximum atomic E-state index is 12.2. The van der Waals surface area contributed by atoms with Crippen molar-refractivity contribution in [3.05, 3.63) is 47.4 Å². The Kier molecular flexibility index (Phi) is 5.78. The third kappa shape index (κ3) is 5.11. The van der Waals surface area contributed by atoms with Gasteiger partial charge >= 0.3 is 12.6 Å². The van der Waals surface area contributed by atoms with Gasteiger partial charge < -0.3 is 24.9 Å². The van der Waals surface area contributed by atoms with Crippen LogP contribution in [0.2, 0.25) is 5.02 Å². The molecule has 2 aromatic rings. The molecule has 2 amide bonds. The third-order valence-electron chi connectivity index (χ3n) is 2.73. The first-order valence-corrected chi connectivity index (χ1v) is 6.84. The molecule has 124 valence electrons. The molecule has 23 heavy (non-hydrogen) atoms. The zero-order chi connectivity index (χ0) is 16.8. The molecule has 0 saturated carbocycles. The van der Waals surface area contributed by atoms with Crippen molar-refractivity contribution in [2.24, 2.45) is 0 Å². The summed E-state index contributed by atoms with van der Waals surface area (Å²) in [7, 11) is 0. The van der Waals surface area contributed by atoms with E-state index in [-0.39, 0.29) is 23.0 Å². The molecule has 6 nitrogen and oxygen atoms in total. The Labute approximate surface area is 135 Å². The number of nitrogens with one attached hydrogen (secondary N) is 2. The van der Waals surface area contributed by atoms with E-state index < -0.39 is 18.7 Å². The van der Waals surface area contributed by atoms with Gasteiger partial charge in [-0.25, -0.2) is 4.79 Å². The van der Waals surface area contributed by atoms with Gasteiger partial charge in [0, 0.05) is 11.8 Å². The molecule has 1 unspecified atom stereocenters. The number of anilines is 1. The summed E-state index contributed by atoms with van der Waals surface area (Å²) in [6, 6.07) is 6.43. The first-order chi connectivity index (χ1) is 11.0. The lowest BCUT2D eigenvalue weighted by atomic mass is 10.3. The van der Waals surface area contributed by atoms with E-state index in [1.807, 2.05) is 0 Å². The maximum Gasteiger partial charge on any atom is 0.387 e. The molecule has 0 radical (unpaired) electrons. The fraction of sp³-hybridized carbons (Fsp3) is 0.214. The molecule has 0 aliphatic carbocycles. The summed E-state index contributed by atoms with van der Waals surface area (Å²) < 4.78 is 33.7. The molecule has 2 rings (SSSR count). The average molecular weight is 347 g/mol. The normalized spacial score (nSPS) is 12.0. The Bertz CT molecular complexity index is 652. The second kappa shape index (κ2) is 7.80. The van der Waals surface area contributed by atoms with E-state index in [0.29, 0.717) is 5.76 Å². The van der Waals surface area contributed by atoms with Crippen LogP contribution in [0.15, 0.2) is 41.0 Å². The Hall–Kier alpha value is -2.32. The SMILES string of the molecule is O=C(NCC(O)c1ccco1)Nc1ccc(Cl)c(OC(F)F)c1. The van der Waals surface area contributed by atoms with Gasteiger partial charge in [0.15, 0.2) is 0 Å². The van der Waals surface area contributed by atoms with Gasteiger partial charge in [-0.15, -0.1) is 0 Å². The minimum Gasteiger partial charge on any atom is -0.467 e. The number of hydrogen-bond acceptors (Lipinski definition) is 4. The number of amides is 2. The van der Waals surface area contributed by atoms with Gasteiger partial charge in [-0.2, -0.15) is 8.78 Å². The van der Waals surface area contributed by atoms with Crippen molar-refractivity contribution in [2.75, 3.05) is 11.9 Å². The second-order valence-corrected chi connectivity index (χ2v) is 4.80. The van der Waals surface area contributed by atoms with Gasteiger partial charge in [0.2, 0.25) is 0 Å². The number of carbonyl (C=O) groups is 1. The van der Waals surface area contributed by atoms with Crippen LogP contribution in [0.3, 0.4) is 0 Å². The highest BCUT2D eigenvalue weighted by Crippen LogP contribution is 2.29. The largest absolute Gasteiger partial charge is 0.467 e. The summed E-state index contributed by atoms with van der Waals surface area (Å²) in [5.74, 6) is 0.0551. The molecule has 0 saturated heterocycles. The molecule has 0 aliphatic rings. The molecule has 0 aliphatic heterocycles. The summed E-state index contributed by atoms with van der Waals surface area (Å²) in [6.45, 7) is -3.12. The van der Waals surface area contributed by atoms with E-state index in [9.17, 15) is 18.7 Å². The molecule has 1 aromatic carbocycles. The molecule has 0 spiro atoms. The number of carbonyl (C=O) groups excluding carboxylic acids is 1. The quantitative estimate of drug-likeness (QED) is 0.748. The number of aliphatic hydroxyl groups excluding tert-OH is 1. The van der Waals surface area contributed by atoms with Crippen LogP contribution in [0, 0.1) is 0 Å². The van der Waals surface area contributed by atoms with E-state index in [1.165, 1.54) is 18.4 Å². The minimum atomic E-state index is -3.03. The van der Waals surface area contributed by atoms with Crippen LogP contribution >= 0.6 is 11.6 Å². The number of furan rings is 1. The van der Waals surface area contributed by atoms with Crippen LogP contribution in [0.4, 0.5) is 19.3 Å². The molecule has 3 N–H and O–H groups in total. The monoisotopic (exact) mass is 346 g/mol. The summed E-state index contributed by atoms with van der Waals surface area (Å²) in [6.07, 6.45) is 0.398. The van der Waals surface area contributed by atoms with Crippen LogP contribution in [-0.4, -0.2) is 24.3 Å². The molecular formula is C14H13ClF2N2O4. The molecular weight excluding hydrogens is 334 g/mol. The van der Waals surface area contributed by atoms with Crippen LogP contribution < -0.4 is 15.4 Å². The first kappa shape index (κ1) is 17.0. The van der Waals surface area contributed by atoms with Crippen molar-refractivity contribution in [1.82, 2.24) is 5.32 Å². The molecule has 9 heteroatoms. The summed E-state index contributed by atoms with van der Waals surface area (Å²) in [5, 5.41) is 14.6. The van der Waals surface area contributed by atoms with Gasteiger partial charge in [0.05, 0.1) is 17.8 Å². The van der Waals surface area contributed by atoms with Crippen LogP contribution in [0.25, 0.3) is 0 Å². The lowest BCUT2D eigenvalue weighted by Gasteiger charge is -2.12. The van der Waals surface area contributed by atoms with Crippen LogP contribution in [-0.2, 0) is 0 Å². The number of urea groups is 1. The number of halogens is 3. The van der Waals surface area contributed by atoms with E-state index >= 15 is 0 Å². The number of alkyl halides is 2. The zero-order valence-corrected chi connectivity index (χ0v) is 12.4. The average Bonchev–Trinajstić information content (AvgIpc) is 3.02. The Balaban J connectivity index is 1.90. The van der Waals surface area contributed by atoms with Crippen molar-refractivity contribution in [3.8, 4) is 5.75 Å². The van der Waals surface area contributed by atoms with E-state index in [4.69, 9.17) is 16.0 Å². The van der Waals surface area contributed by atoms with Crippen molar-refractivity contribution in [1.29, 1.82) is 0 Å².